The Kier molecular flexibility index (Phi) is 4.45. The van der Waals surface area contributed by atoms with Gasteiger partial charge in [-0.25, -0.2) is 8.78 Å². The maximum atomic E-state index is 14.5. The number of aromatic hydroxyl groups is 1. The SMILES string of the molecule is Cc1ccc(O)c(C)c1N(C)c1cc(-c2cccc(F)c2)ccc1F. The highest BCUT2D eigenvalue weighted by atomic mass is 19.1. The molecule has 2 nitrogen and oxygen atoms in total. The molecule has 0 saturated carbocycles. The van der Waals surface area contributed by atoms with Crippen molar-refractivity contribution >= 4 is 11.4 Å². The van der Waals surface area contributed by atoms with E-state index in [2.05, 4.69) is 0 Å². The van der Waals surface area contributed by atoms with Crippen molar-refractivity contribution in [2.75, 3.05) is 11.9 Å². The van der Waals surface area contributed by atoms with Crippen LogP contribution < -0.4 is 4.90 Å². The van der Waals surface area contributed by atoms with Crippen LogP contribution >= 0.6 is 0 Å². The third-order valence-electron chi connectivity index (χ3n) is 4.40. The summed E-state index contributed by atoms with van der Waals surface area (Å²) in [6.45, 7) is 3.70. The molecule has 0 aliphatic carbocycles. The summed E-state index contributed by atoms with van der Waals surface area (Å²) in [6, 6.07) is 14.3. The number of benzene rings is 3. The van der Waals surface area contributed by atoms with Gasteiger partial charge in [-0.2, -0.15) is 0 Å². The average Bonchev–Trinajstić information content (AvgIpc) is 2.59. The van der Waals surface area contributed by atoms with Gasteiger partial charge in [-0.05, 0) is 60.9 Å². The van der Waals surface area contributed by atoms with Crippen molar-refractivity contribution in [1.82, 2.24) is 0 Å². The van der Waals surface area contributed by atoms with Gasteiger partial charge in [-0.1, -0.05) is 24.3 Å². The fourth-order valence-corrected chi connectivity index (χ4v) is 3.08. The van der Waals surface area contributed by atoms with Gasteiger partial charge < -0.3 is 10.0 Å². The lowest BCUT2D eigenvalue weighted by Crippen LogP contribution is -2.14. The first-order chi connectivity index (χ1) is 11.9. The third-order valence-corrected chi connectivity index (χ3v) is 4.40. The maximum Gasteiger partial charge on any atom is 0.146 e. The second-order valence-electron chi connectivity index (χ2n) is 6.11. The van der Waals surface area contributed by atoms with Crippen molar-refractivity contribution in [1.29, 1.82) is 0 Å². The van der Waals surface area contributed by atoms with Crippen LogP contribution in [0.3, 0.4) is 0 Å². The quantitative estimate of drug-likeness (QED) is 0.659. The van der Waals surface area contributed by atoms with Crippen LogP contribution in [-0.4, -0.2) is 12.2 Å². The molecular weight excluding hydrogens is 320 g/mol. The molecule has 0 atom stereocenters. The molecule has 1 N–H and O–H groups in total. The molecule has 0 heterocycles. The lowest BCUT2D eigenvalue weighted by molar-refractivity contribution is 0.471. The fourth-order valence-electron chi connectivity index (χ4n) is 3.08. The van der Waals surface area contributed by atoms with Crippen molar-refractivity contribution in [3.05, 3.63) is 77.4 Å². The van der Waals surface area contributed by atoms with Crippen LogP contribution in [0.2, 0.25) is 0 Å². The highest BCUT2D eigenvalue weighted by molar-refractivity contribution is 5.76. The Balaban J connectivity index is 2.12. The lowest BCUT2D eigenvalue weighted by atomic mass is 10.0. The molecule has 128 valence electrons. The number of rotatable bonds is 3. The van der Waals surface area contributed by atoms with E-state index in [-0.39, 0.29) is 17.4 Å². The molecule has 0 unspecified atom stereocenters. The summed E-state index contributed by atoms with van der Waals surface area (Å²) in [6.07, 6.45) is 0. The van der Waals surface area contributed by atoms with Crippen molar-refractivity contribution in [3.8, 4) is 16.9 Å². The summed E-state index contributed by atoms with van der Waals surface area (Å²) < 4.78 is 28.0. The Morgan fingerprint density at radius 2 is 1.60 bits per heavy atom. The Morgan fingerprint density at radius 3 is 2.32 bits per heavy atom. The molecule has 3 aromatic rings. The van der Waals surface area contributed by atoms with E-state index >= 15 is 0 Å². The van der Waals surface area contributed by atoms with Gasteiger partial charge in [0.15, 0.2) is 0 Å². The Morgan fingerprint density at radius 1 is 0.880 bits per heavy atom. The van der Waals surface area contributed by atoms with Gasteiger partial charge >= 0.3 is 0 Å². The molecule has 3 aromatic carbocycles. The van der Waals surface area contributed by atoms with Gasteiger partial charge in [0.25, 0.3) is 0 Å². The van der Waals surface area contributed by atoms with Crippen LogP contribution in [0.5, 0.6) is 5.75 Å². The lowest BCUT2D eigenvalue weighted by Gasteiger charge is -2.25. The number of anilines is 2. The molecule has 0 aliphatic rings. The molecule has 0 bridgehead atoms. The van der Waals surface area contributed by atoms with Gasteiger partial charge in [0.1, 0.15) is 17.4 Å². The maximum absolute atomic E-state index is 14.5. The van der Waals surface area contributed by atoms with E-state index in [1.807, 2.05) is 6.92 Å². The molecule has 4 heteroatoms. The Labute approximate surface area is 146 Å². The Hall–Kier alpha value is -2.88. The zero-order valence-corrected chi connectivity index (χ0v) is 14.3. The molecule has 0 spiro atoms. The van der Waals surface area contributed by atoms with Gasteiger partial charge in [-0.3, -0.25) is 0 Å². The number of hydrogen-bond acceptors (Lipinski definition) is 2. The monoisotopic (exact) mass is 339 g/mol. The minimum Gasteiger partial charge on any atom is -0.508 e. The summed E-state index contributed by atoms with van der Waals surface area (Å²) in [4.78, 5) is 1.71. The van der Waals surface area contributed by atoms with Crippen molar-refractivity contribution in [3.63, 3.8) is 0 Å². The van der Waals surface area contributed by atoms with E-state index in [9.17, 15) is 13.9 Å². The number of hydrogen-bond donors (Lipinski definition) is 1. The van der Waals surface area contributed by atoms with Crippen LogP contribution in [-0.2, 0) is 0 Å². The number of nitrogens with zero attached hydrogens (tertiary/aromatic N) is 1. The van der Waals surface area contributed by atoms with Crippen LogP contribution in [0.15, 0.2) is 54.6 Å². The van der Waals surface area contributed by atoms with Gasteiger partial charge in [0.05, 0.1) is 11.4 Å². The number of aryl methyl sites for hydroxylation is 1. The summed E-state index contributed by atoms with van der Waals surface area (Å²) in [5, 5.41) is 9.99. The molecule has 0 saturated heterocycles. The zero-order chi connectivity index (χ0) is 18.1. The van der Waals surface area contributed by atoms with E-state index in [1.165, 1.54) is 18.2 Å². The summed E-state index contributed by atoms with van der Waals surface area (Å²) in [5.74, 6) is -0.560. The standard InChI is InChI=1S/C21H19F2NO/c1-13-7-10-20(25)14(2)21(13)24(3)19-12-16(8-9-18(19)23)15-5-4-6-17(22)11-15/h4-12,25H,1-3H3. The minimum atomic E-state index is -0.384. The average molecular weight is 339 g/mol. The number of phenolic OH excluding ortho intramolecular Hbond substituents is 1. The van der Waals surface area contributed by atoms with Crippen LogP contribution in [0.25, 0.3) is 11.1 Å². The van der Waals surface area contributed by atoms with Crippen molar-refractivity contribution in [2.24, 2.45) is 0 Å². The van der Waals surface area contributed by atoms with Crippen LogP contribution in [0, 0.1) is 25.5 Å². The van der Waals surface area contributed by atoms with Gasteiger partial charge in [0, 0.05) is 12.6 Å². The zero-order valence-electron chi connectivity index (χ0n) is 14.3. The van der Waals surface area contributed by atoms with E-state index < -0.39 is 0 Å². The number of halogens is 2. The molecule has 0 aliphatic heterocycles. The second kappa shape index (κ2) is 6.55. The van der Waals surface area contributed by atoms with E-state index in [4.69, 9.17) is 0 Å². The third kappa shape index (κ3) is 3.20. The van der Waals surface area contributed by atoms with E-state index in [1.54, 1.807) is 55.3 Å². The second-order valence-corrected chi connectivity index (χ2v) is 6.11. The molecular formula is C21H19F2NO. The van der Waals surface area contributed by atoms with Crippen molar-refractivity contribution in [2.45, 2.75) is 13.8 Å². The first-order valence-electron chi connectivity index (χ1n) is 7.97. The predicted octanol–water partition coefficient (Wildman–Crippen LogP) is 5.72. The molecule has 0 aromatic heterocycles. The largest absolute Gasteiger partial charge is 0.508 e. The topological polar surface area (TPSA) is 23.5 Å². The summed E-state index contributed by atoms with van der Waals surface area (Å²) in [7, 11) is 1.75. The van der Waals surface area contributed by atoms with E-state index in [0.717, 1.165) is 16.8 Å². The molecule has 0 amide bonds. The van der Waals surface area contributed by atoms with Gasteiger partial charge in [-0.15, -0.1) is 0 Å². The number of phenols is 1. The van der Waals surface area contributed by atoms with E-state index in [0.29, 0.717) is 16.8 Å². The highest BCUT2D eigenvalue weighted by Crippen LogP contribution is 2.37. The Bertz CT molecular complexity index is 937. The van der Waals surface area contributed by atoms with Crippen molar-refractivity contribution < 1.29 is 13.9 Å². The molecule has 0 fully saturated rings. The molecule has 0 radical (unpaired) electrons. The van der Waals surface area contributed by atoms with Crippen LogP contribution in [0.4, 0.5) is 20.2 Å². The summed E-state index contributed by atoms with van der Waals surface area (Å²) >= 11 is 0. The predicted molar refractivity (Wildman–Crippen MR) is 97.4 cm³/mol. The highest BCUT2D eigenvalue weighted by Gasteiger charge is 2.17. The summed E-state index contributed by atoms with van der Waals surface area (Å²) in [5.41, 5.74) is 4.11. The first-order valence-corrected chi connectivity index (χ1v) is 7.97. The normalized spacial score (nSPS) is 10.8. The van der Waals surface area contributed by atoms with Crippen LogP contribution in [0.1, 0.15) is 11.1 Å². The van der Waals surface area contributed by atoms with Gasteiger partial charge in [0.2, 0.25) is 0 Å². The fraction of sp³-hybridized carbons (Fsp3) is 0.143. The molecule has 25 heavy (non-hydrogen) atoms. The first kappa shape index (κ1) is 17.0. The minimum absolute atomic E-state index is 0.161. The molecule has 3 rings (SSSR count). The smallest absolute Gasteiger partial charge is 0.146 e.